The van der Waals surface area contributed by atoms with Crippen LogP contribution in [0.2, 0.25) is 0 Å². The van der Waals surface area contributed by atoms with E-state index in [1.54, 1.807) is 4.90 Å². The van der Waals surface area contributed by atoms with Crippen LogP contribution in [0.3, 0.4) is 0 Å². The summed E-state index contributed by atoms with van der Waals surface area (Å²) in [7, 11) is 0. The van der Waals surface area contributed by atoms with E-state index in [0.717, 1.165) is 23.8 Å². The molecule has 4 nitrogen and oxygen atoms in total. The van der Waals surface area contributed by atoms with Crippen LogP contribution in [0.1, 0.15) is 30.9 Å². The van der Waals surface area contributed by atoms with Crippen molar-refractivity contribution in [2.45, 2.75) is 38.8 Å². The molecule has 1 heterocycles. The molecule has 31 heavy (non-hydrogen) atoms. The van der Waals surface area contributed by atoms with Gasteiger partial charge >= 0.3 is 0 Å². The Kier molecular flexibility index (Phi) is 8.35. The molecule has 0 saturated carbocycles. The molecule has 0 spiro atoms. The fraction of sp³-hybridized carbons (Fsp3) is 0.458. The van der Waals surface area contributed by atoms with Gasteiger partial charge in [-0.25, -0.2) is 8.78 Å². The van der Waals surface area contributed by atoms with Gasteiger partial charge in [-0.1, -0.05) is 25.1 Å². The Balaban J connectivity index is 1.79. The van der Waals surface area contributed by atoms with Gasteiger partial charge in [0.25, 0.3) is 0 Å². The zero-order valence-corrected chi connectivity index (χ0v) is 17.8. The highest BCUT2D eigenvalue weighted by Crippen LogP contribution is 2.24. The third-order valence-corrected chi connectivity index (χ3v) is 5.59. The molecule has 7 heteroatoms. The first kappa shape index (κ1) is 23.1. The van der Waals surface area contributed by atoms with Crippen molar-refractivity contribution in [1.29, 1.82) is 0 Å². The van der Waals surface area contributed by atoms with Crippen molar-refractivity contribution in [2.24, 2.45) is 5.92 Å². The van der Waals surface area contributed by atoms with Gasteiger partial charge in [0.05, 0.1) is 19.7 Å². The lowest BCUT2D eigenvalue weighted by atomic mass is 9.92. The lowest BCUT2D eigenvalue weighted by Crippen LogP contribution is -2.52. The Labute approximate surface area is 181 Å². The topological polar surface area (TPSA) is 41.6 Å². The molecule has 1 N–H and O–H groups in total. The molecular formula is C24H29F3N2O2. The van der Waals surface area contributed by atoms with Crippen LogP contribution < -0.4 is 10.1 Å². The maximum absolute atomic E-state index is 14.3. The number of nitrogens with zero attached hydrogens (tertiary/aromatic N) is 1. The maximum atomic E-state index is 14.3. The molecule has 0 bridgehead atoms. The van der Waals surface area contributed by atoms with Gasteiger partial charge in [-0.15, -0.1) is 0 Å². The summed E-state index contributed by atoms with van der Waals surface area (Å²) in [6, 6.07) is 10.3. The van der Waals surface area contributed by atoms with Gasteiger partial charge in [-0.2, -0.15) is 0 Å². The predicted molar refractivity (Wildman–Crippen MR) is 114 cm³/mol. The standard InChI is InChI=1S/C24H29F3N2O2/c1-2-11-31-21-7-3-17(4-8-21)12-24(30)29(23-9-10-28-15-19(23)14-25)16-18-5-6-20(26)13-22(18)27/h3-8,13,19,23,28H,2,9-12,14-16H2,1H3/t19-,23+/m0/s1. The normalized spacial score (nSPS) is 18.6. The third kappa shape index (κ3) is 6.23. The minimum atomic E-state index is -0.707. The van der Waals surface area contributed by atoms with Crippen LogP contribution in [0.4, 0.5) is 13.2 Å². The lowest BCUT2D eigenvalue weighted by molar-refractivity contribution is -0.135. The Morgan fingerprint density at radius 2 is 1.97 bits per heavy atom. The Bertz CT molecular complexity index is 860. The summed E-state index contributed by atoms with van der Waals surface area (Å²) >= 11 is 0. The number of piperidine rings is 1. The van der Waals surface area contributed by atoms with Crippen LogP contribution >= 0.6 is 0 Å². The van der Waals surface area contributed by atoms with Crippen molar-refractivity contribution in [3.8, 4) is 5.75 Å². The molecule has 2 aromatic carbocycles. The highest BCUT2D eigenvalue weighted by Gasteiger charge is 2.33. The number of halogens is 3. The number of ether oxygens (including phenoxy) is 1. The highest BCUT2D eigenvalue weighted by molar-refractivity contribution is 5.79. The fourth-order valence-corrected chi connectivity index (χ4v) is 3.90. The number of carbonyl (C=O) groups excluding carboxylic acids is 1. The van der Waals surface area contributed by atoms with E-state index in [-0.39, 0.29) is 36.4 Å². The van der Waals surface area contributed by atoms with E-state index in [2.05, 4.69) is 5.32 Å². The monoisotopic (exact) mass is 434 g/mol. The minimum Gasteiger partial charge on any atom is -0.494 e. The number of benzene rings is 2. The van der Waals surface area contributed by atoms with Crippen LogP contribution in [0, 0.1) is 17.6 Å². The van der Waals surface area contributed by atoms with Crippen LogP contribution in [0.15, 0.2) is 42.5 Å². The van der Waals surface area contributed by atoms with E-state index in [9.17, 15) is 18.0 Å². The number of alkyl halides is 1. The quantitative estimate of drug-likeness (QED) is 0.641. The molecule has 0 unspecified atom stereocenters. The van der Waals surface area contributed by atoms with Gasteiger partial charge in [-0.05, 0) is 43.1 Å². The first-order valence-corrected chi connectivity index (χ1v) is 10.7. The summed E-state index contributed by atoms with van der Waals surface area (Å²) in [5.41, 5.74) is 1.01. The number of nitrogens with one attached hydrogen (secondary N) is 1. The summed E-state index contributed by atoms with van der Waals surface area (Å²) in [5, 5.41) is 3.15. The number of hydrogen-bond donors (Lipinski definition) is 1. The number of carbonyl (C=O) groups is 1. The SMILES string of the molecule is CCCOc1ccc(CC(=O)N(Cc2ccc(F)cc2F)[C@@H]2CCNC[C@@H]2CF)cc1. The molecule has 0 aliphatic carbocycles. The van der Waals surface area contributed by atoms with Crippen molar-refractivity contribution in [1.82, 2.24) is 10.2 Å². The van der Waals surface area contributed by atoms with Gasteiger partial charge in [-0.3, -0.25) is 9.18 Å². The molecule has 168 valence electrons. The molecule has 1 saturated heterocycles. The molecule has 1 fully saturated rings. The van der Waals surface area contributed by atoms with Crippen LogP contribution in [-0.2, 0) is 17.8 Å². The van der Waals surface area contributed by atoms with Crippen molar-refractivity contribution in [2.75, 3.05) is 26.4 Å². The zero-order valence-electron chi connectivity index (χ0n) is 17.8. The Hall–Kier alpha value is -2.54. The lowest BCUT2D eigenvalue weighted by Gasteiger charge is -2.39. The molecular weight excluding hydrogens is 405 g/mol. The third-order valence-electron chi connectivity index (χ3n) is 5.59. The van der Waals surface area contributed by atoms with Crippen molar-refractivity contribution >= 4 is 5.91 Å². The molecule has 3 rings (SSSR count). The molecule has 0 aromatic heterocycles. The summed E-state index contributed by atoms with van der Waals surface area (Å²) in [4.78, 5) is 14.8. The van der Waals surface area contributed by atoms with E-state index < -0.39 is 18.3 Å². The largest absolute Gasteiger partial charge is 0.494 e. The first-order chi connectivity index (χ1) is 15.0. The van der Waals surface area contributed by atoms with E-state index in [0.29, 0.717) is 26.1 Å². The fourth-order valence-electron chi connectivity index (χ4n) is 3.90. The Morgan fingerprint density at radius 1 is 1.19 bits per heavy atom. The summed E-state index contributed by atoms with van der Waals surface area (Å²) in [6.07, 6.45) is 1.59. The maximum Gasteiger partial charge on any atom is 0.227 e. The molecule has 1 amide bonds. The van der Waals surface area contributed by atoms with Crippen molar-refractivity contribution < 1.29 is 22.7 Å². The Morgan fingerprint density at radius 3 is 2.65 bits per heavy atom. The number of hydrogen-bond acceptors (Lipinski definition) is 3. The molecule has 2 aromatic rings. The van der Waals surface area contributed by atoms with Gasteiger partial charge in [0.1, 0.15) is 17.4 Å². The predicted octanol–water partition coefficient (Wildman–Crippen LogP) is 4.27. The zero-order chi connectivity index (χ0) is 22.2. The first-order valence-electron chi connectivity index (χ1n) is 10.7. The van der Waals surface area contributed by atoms with E-state index in [1.165, 1.54) is 12.1 Å². The van der Waals surface area contributed by atoms with E-state index in [1.807, 2.05) is 31.2 Å². The second-order valence-corrected chi connectivity index (χ2v) is 7.90. The van der Waals surface area contributed by atoms with Gasteiger partial charge < -0.3 is 15.0 Å². The molecule has 1 aliphatic rings. The van der Waals surface area contributed by atoms with Gasteiger partial charge in [0.2, 0.25) is 5.91 Å². The smallest absolute Gasteiger partial charge is 0.227 e. The number of amides is 1. The van der Waals surface area contributed by atoms with Crippen LogP contribution in [-0.4, -0.2) is 43.2 Å². The van der Waals surface area contributed by atoms with E-state index >= 15 is 0 Å². The molecule has 0 radical (unpaired) electrons. The second-order valence-electron chi connectivity index (χ2n) is 7.90. The minimum absolute atomic E-state index is 0.0240. The van der Waals surface area contributed by atoms with E-state index in [4.69, 9.17) is 4.74 Å². The van der Waals surface area contributed by atoms with Crippen molar-refractivity contribution in [3.63, 3.8) is 0 Å². The average Bonchev–Trinajstić information content (AvgIpc) is 2.78. The highest BCUT2D eigenvalue weighted by atomic mass is 19.1. The van der Waals surface area contributed by atoms with Gasteiger partial charge in [0, 0.05) is 36.7 Å². The van der Waals surface area contributed by atoms with Crippen LogP contribution in [0.25, 0.3) is 0 Å². The summed E-state index contributed by atoms with van der Waals surface area (Å²) < 4.78 is 46.9. The van der Waals surface area contributed by atoms with Gasteiger partial charge in [0.15, 0.2) is 0 Å². The second kappa shape index (κ2) is 11.2. The summed E-state index contributed by atoms with van der Waals surface area (Å²) in [6.45, 7) is 3.16. The molecule has 2 atom stereocenters. The number of rotatable bonds is 9. The summed E-state index contributed by atoms with van der Waals surface area (Å²) in [5.74, 6) is -1.23. The van der Waals surface area contributed by atoms with Crippen molar-refractivity contribution in [3.05, 3.63) is 65.2 Å². The van der Waals surface area contributed by atoms with Crippen LogP contribution in [0.5, 0.6) is 5.75 Å². The molecule has 1 aliphatic heterocycles. The average molecular weight is 435 g/mol.